The monoisotopic (exact) mass is 504 g/mol. The van der Waals surface area contributed by atoms with Gasteiger partial charge in [0.1, 0.15) is 11.6 Å². The highest BCUT2D eigenvalue weighted by molar-refractivity contribution is 5.82. The lowest BCUT2D eigenvalue weighted by Gasteiger charge is -2.46. The Labute approximate surface area is 214 Å². The fourth-order valence-corrected chi connectivity index (χ4v) is 6.79. The summed E-state index contributed by atoms with van der Waals surface area (Å²) >= 11 is 0. The van der Waals surface area contributed by atoms with Crippen molar-refractivity contribution in [2.24, 2.45) is 17.3 Å². The molecule has 200 valence electrons. The van der Waals surface area contributed by atoms with Crippen LogP contribution in [0, 0.1) is 28.9 Å². The number of piperidine rings is 1. The highest BCUT2D eigenvalue weighted by atomic mass is 19.1. The number of nitrogens with zero attached hydrogens (tertiary/aromatic N) is 2. The van der Waals surface area contributed by atoms with E-state index in [1.54, 1.807) is 0 Å². The summed E-state index contributed by atoms with van der Waals surface area (Å²) in [7, 11) is 0. The van der Waals surface area contributed by atoms with E-state index in [1.165, 1.54) is 18.6 Å². The molecule has 1 aromatic carbocycles. The number of hydrogen-bond acceptors (Lipinski definition) is 4. The molecule has 7 heteroatoms. The van der Waals surface area contributed by atoms with Crippen LogP contribution in [0.1, 0.15) is 84.1 Å². The molecule has 1 saturated carbocycles. The summed E-state index contributed by atoms with van der Waals surface area (Å²) in [4.78, 5) is 31.2. The van der Waals surface area contributed by atoms with Crippen LogP contribution in [0.5, 0.6) is 0 Å². The molecule has 4 rings (SSSR count). The van der Waals surface area contributed by atoms with E-state index in [2.05, 4.69) is 25.7 Å². The van der Waals surface area contributed by atoms with Crippen LogP contribution in [0.4, 0.5) is 8.78 Å². The van der Waals surface area contributed by atoms with Gasteiger partial charge in [0.2, 0.25) is 5.91 Å². The van der Waals surface area contributed by atoms with E-state index in [0.717, 1.165) is 31.7 Å². The maximum absolute atomic E-state index is 14.8. The van der Waals surface area contributed by atoms with Crippen molar-refractivity contribution in [1.82, 2.24) is 9.80 Å². The summed E-state index contributed by atoms with van der Waals surface area (Å²) in [5.74, 6) is -1.73. The molecule has 2 aliphatic heterocycles. The molecule has 0 spiro atoms. The molecule has 3 fully saturated rings. The van der Waals surface area contributed by atoms with Crippen molar-refractivity contribution >= 4 is 11.9 Å². The first kappa shape index (κ1) is 27.0. The Morgan fingerprint density at radius 3 is 2.31 bits per heavy atom. The summed E-state index contributed by atoms with van der Waals surface area (Å²) in [6.45, 7) is 10.6. The first-order chi connectivity index (χ1) is 17.1. The van der Waals surface area contributed by atoms with E-state index < -0.39 is 23.0 Å². The smallest absolute Gasteiger partial charge is 0.312 e. The minimum atomic E-state index is -0.612. The number of hydrogen-bond donors (Lipinski definition) is 0. The molecule has 2 heterocycles. The van der Waals surface area contributed by atoms with E-state index in [9.17, 15) is 18.4 Å². The van der Waals surface area contributed by atoms with Gasteiger partial charge in [-0.2, -0.15) is 0 Å². The molecule has 1 amide bonds. The van der Waals surface area contributed by atoms with Crippen molar-refractivity contribution in [3.05, 3.63) is 35.4 Å². The van der Waals surface area contributed by atoms with Crippen molar-refractivity contribution in [2.45, 2.75) is 84.1 Å². The summed E-state index contributed by atoms with van der Waals surface area (Å²) in [6, 6.07) is 3.68. The number of rotatable bonds is 5. The fraction of sp³-hybridized carbons (Fsp3) is 0.724. The van der Waals surface area contributed by atoms with Gasteiger partial charge in [-0.3, -0.25) is 14.5 Å². The average Bonchev–Trinajstić information content (AvgIpc) is 3.30. The Morgan fingerprint density at radius 2 is 1.72 bits per heavy atom. The van der Waals surface area contributed by atoms with E-state index >= 15 is 0 Å². The second kappa shape index (κ2) is 10.8. The molecule has 0 unspecified atom stereocenters. The molecule has 0 bridgehead atoms. The summed E-state index contributed by atoms with van der Waals surface area (Å²) < 4.78 is 34.0. The van der Waals surface area contributed by atoms with Gasteiger partial charge in [-0.1, -0.05) is 25.3 Å². The zero-order chi connectivity index (χ0) is 26.1. The maximum Gasteiger partial charge on any atom is 0.312 e. The van der Waals surface area contributed by atoms with Crippen LogP contribution in [-0.4, -0.2) is 60.0 Å². The molecule has 1 aromatic rings. The molecule has 0 aromatic heterocycles. The molecule has 3 aliphatic rings. The highest BCUT2D eigenvalue weighted by Crippen LogP contribution is 2.47. The fourth-order valence-electron chi connectivity index (χ4n) is 6.79. The molecule has 2 saturated heterocycles. The van der Waals surface area contributed by atoms with E-state index in [1.807, 2.05) is 11.8 Å². The van der Waals surface area contributed by atoms with Gasteiger partial charge in [0.25, 0.3) is 0 Å². The number of ether oxygens (including phenoxy) is 1. The topological polar surface area (TPSA) is 49.9 Å². The first-order valence-corrected chi connectivity index (χ1v) is 13.7. The molecular formula is C29H42F2N2O3. The van der Waals surface area contributed by atoms with Crippen molar-refractivity contribution in [2.75, 3.05) is 32.8 Å². The lowest BCUT2D eigenvalue weighted by Crippen LogP contribution is -2.52. The van der Waals surface area contributed by atoms with Gasteiger partial charge >= 0.3 is 5.97 Å². The van der Waals surface area contributed by atoms with Gasteiger partial charge < -0.3 is 9.64 Å². The van der Waals surface area contributed by atoms with Crippen molar-refractivity contribution in [1.29, 1.82) is 0 Å². The largest absolute Gasteiger partial charge is 0.466 e. The van der Waals surface area contributed by atoms with Crippen LogP contribution in [0.2, 0.25) is 0 Å². The SMILES string of the molecule is CCOC(=O)C1(C2CCCCC2)CCN(C(=O)[C@@H]2CN(C(C)(C)C)C[C@H]2c2ccc(F)cc2F)CC1. The van der Waals surface area contributed by atoms with Crippen molar-refractivity contribution < 1.29 is 23.1 Å². The molecule has 0 N–H and O–H groups in total. The van der Waals surface area contributed by atoms with Crippen LogP contribution in [0.15, 0.2) is 18.2 Å². The van der Waals surface area contributed by atoms with Crippen molar-refractivity contribution in [3.8, 4) is 0 Å². The third-order valence-corrected chi connectivity index (χ3v) is 8.98. The summed E-state index contributed by atoms with van der Waals surface area (Å²) in [5, 5.41) is 0. The predicted octanol–water partition coefficient (Wildman–Crippen LogP) is 5.53. The van der Waals surface area contributed by atoms with Gasteiger partial charge in [0.05, 0.1) is 17.9 Å². The standard InChI is InChI=1S/C29H42F2N2O3/c1-5-36-27(35)29(20-9-7-6-8-10-20)13-15-32(16-14-29)26(34)24-19-33(28(2,3)4)18-23(24)22-12-11-21(30)17-25(22)31/h11-12,17,20,23-24H,5-10,13-16,18-19H2,1-4H3/t23-,24+/m0/s1. The van der Waals surface area contributed by atoms with E-state index in [4.69, 9.17) is 4.74 Å². The van der Waals surface area contributed by atoms with Gasteiger partial charge in [-0.15, -0.1) is 0 Å². The zero-order valence-corrected chi connectivity index (χ0v) is 22.3. The lowest BCUT2D eigenvalue weighted by molar-refractivity contribution is -0.166. The second-order valence-corrected chi connectivity index (χ2v) is 12.0. The van der Waals surface area contributed by atoms with Gasteiger partial charge in [0.15, 0.2) is 0 Å². The number of amides is 1. The molecular weight excluding hydrogens is 462 g/mol. The lowest BCUT2D eigenvalue weighted by atomic mass is 9.63. The number of carbonyl (C=O) groups is 2. The quantitative estimate of drug-likeness (QED) is 0.495. The minimum Gasteiger partial charge on any atom is -0.466 e. The Balaban J connectivity index is 1.54. The average molecular weight is 505 g/mol. The van der Waals surface area contributed by atoms with Gasteiger partial charge in [-0.05, 0) is 70.9 Å². The van der Waals surface area contributed by atoms with Gasteiger partial charge in [-0.25, -0.2) is 8.78 Å². The Morgan fingerprint density at radius 1 is 1.06 bits per heavy atom. The summed E-state index contributed by atoms with van der Waals surface area (Å²) in [6.07, 6.45) is 6.83. The van der Waals surface area contributed by atoms with Crippen LogP contribution in [-0.2, 0) is 14.3 Å². The van der Waals surface area contributed by atoms with Crippen LogP contribution in [0.25, 0.3) is 0 Å². The number of halogens is 2. The number of esters is 1. The first-order valence-electron chi connectivity index (χ1n) is 13.7. The Bertz CT molecular complexity index is 946. The summed E-state index contributed by atoms with van der Waals surface area (Å²) in [5.41, 5.74) is -0.282. The third kappa shape index (κ3) is 5.32. The molecule has 2 atom stereocenters. The minimum absolute atomic E-state index is 0.0107. The molecule has 0 radical (unpaired) electrons. The van der Waals surface area contributed by atoms with E-state index in [0.29, 0.717) is 57.1 Å². The highest BCUT2D eigenvalue weighted by Gasteiger charge is 2.51. The maximum atomic E-state index is 14.8. The molecule has 5 nitrogen and oxygen atoms in total. The normalized spacial score (nSPS) is 25.7. The second-order valence-electron chi connectivity index (χ2n) is 12.0. The van der Waals surface area contributed by atoms with Crippen LogP contribution < -0.4 is 0 Å². The van der Waals surface area contributed by atoms with Crippen LogP contribution >= 0.6 is 0 Å². The van der Waals surface area contributed by atoms with Gasteiger partial charge in [0, 0.05) is 43.7 Å². The molecule has 1 aliphatic carbocycles. The number of carbonyl (C=O) groups excluding carboxylic acids is 2. The Kier molecular flexibility index (Phi) is 8.08. The third-order valence-electron chi connectivity index (χ3n) is 8.98. The van der Waals surface area contributed by atoms with E-state index in [-0.39, 0.29) is 23.3 Å². The zero-order valence-electron chi connectivity index (χ0n) is 22.3. The van der Waals surface area contributed by atoms with Crippen molar-refractivity contribution in [3.63, 3.8) is 0 Å². The number of benzene rings is 1. The molecule has 36 heavy (non-hydrogen) atoms. The Hall–Kier alpha value is -2.02. The van der Waals surface area contributed by atoms with Crippen LogP contribution in [0.3, 0.4) is 0 Å². The predicted molar refractivity (Wildman–Crippen MR) is 135 cm³/mol. The number of likely N-dealkylation sites (tertiary alicyclic amines) is 2.